The van der Waals surface area contributed by atoms with E-state index in [1.165, 1.54) is 12.8 Å². The minimum absolute atomic E-state index is 0.0441. The Bertz CT molecular complexity index is 202. The molecule has 0 aromatic carbocycles. The molecule has 0 aliphatic heterocycles. The summed E-state index contributed by atoms with van der Waals surface area (Å²) in [4.78, 5) is 11.4. The van der Waals surface area contributed by atoms with Crippen molar-refractivity contribution in [3.8, 4) is 0 Å². The van der Waals surface area contributed by atoms with Gasteiger partial charge in [0.1, 0.15) is 0 Å². The van der Waals surface area contributed by atoms with E-state index in [1.54, 1.807) is 7.11 Å². The van der Waals surface area contributed by atoms with Crippen molar-refractivity contribution in [3.63, 3.8) is 0 Å². The molecule has 1 saturated carbocycles. The molecule has 82 valence electrons. The van der Waals surface area contributed by atoms with Gasteiger partial charge in [-0.1, -0.05) is 0 Å². The van der Waals surface area contributed by atoms with Crippen molar-refractivity contribution in [2.75, 3.05) is 20.3 Å². The van der Waals surface area contributed by atoms with E-state index in [2.05, 4.69) is 17.6 Å². The Morgan fingerprint density at radius 3 is 2.71 bits per heavy atom. The van der Waals surface area contributed by atoms with E-state index in [4.69, 9.17) is 4.74 Å². The highest BCUT2D eigenvalue weighted by Gasteiger charge is 2.36. The SMILES string of the molecule is COCC(C)NC(=O)CNC1(C)CC1. The minimum atomic E-state index is 0.0441. The zero-order valence-corrected chi connectivity index (χ0v) is 9.22. The van der Waals surface area contributed by atoms with Crippen molar-refractivity contribution >= 4 is 5.91 Å². The van der Waals surface area contributed by atoms with Crippen LogP contribution >= 0.6 is 0 Å². The van der Waals surface area contributed by atoms with Gasteiger partial charge in [0, 0.05) is 18.7 Å². The summed E-state index contributed by atoms with van der Waals surface area (Å²) in [5.74, 6) is 0.0441. The number of methoxy groups -OCH3 is 1. The Balaban J connectivity index is 2.09. The summed E-state index contributed by atoms with van der Waals surface area (Å²) in [6.07, 6.45) is 2.35. The second-order valence-electron chi connectivity index (χ2n) is 4.34. The smallest absolute Gasteiger partial charge is 0.234 e. The van der Waals surface area contributed by atoms with Gasteiger partial charge in [0.2, 0.25) is 5.91 Å². The van der Waals surface area contributed by atoms with Crippen molar-refractivity contribution in [2.24, 2.45) is 0 Å². The van der Waals surface area contributed by atoms with E-state index >= 15 is 0 Å². The highest BCUT2D eigenvalue weighted by molar-refractivity contribution is 5.78. The summed E-state index contributed by atoms with van der Waals surface area (Å²) in [5, 5.41) is 6.08. The molecule has 0 saturated heterocycles. The summed E-state index contributed by atoms with van der Waals surface area (Å²) in [6.45, 7) is 5.03. The van der Waals surface area contributed by atoms with Crippen molar-refractivity contribution in [1.29, 1.82) is 0 Å². The molecule has 1 atom stereocenters. The molecule has 0 aromatic rings. The highest BCUT2D eigenvalue weighted by Crippen LogP contribution is 2.33. The van der Waals surface area contributed by atoms with Crippen LogP contribution in [-0.4, -0.2) is 37.7 Å². The van der Waals surface area contributed by atoms with Gasteiger partial charge in [0.15, 0.2) is 0 Å². The van der Waals surface area contributed by atoms with Crippen LogP contribution in [0, 0.1) is 0 Å². The van der Waals surface area contributed by atoms with Crippen LogP contribution in [0.15, 0.2) is 0 Å². The first-order valence-electron chi connectivity index (χ1n) is 5.09. The summed E-state index contributed by atoms with van der Waals surface area (Å²) >= 11 is 0. The molecule has 4 heteroatoms. The molecule has 2 N–H and O–H groups in total. The van der Waals surface area contributed by atoms with Gasteiger partial charge in [-0.05, 0) is 26.7 Å². The topological polar surface area (TPSA) is 50.4 Å². The standard InChI is InChI=1S/C10H20N2O2/c1-8(7-14-3)12-9(13)6-11-10(2)4-5-10/h8,11H,4-7H2,1-3H3,(H,12,13). The van der Waals surface area contributed by atoms with Crippen LogP contribution in [0.25, 0.3) is 0 Å². The lowest BCUT2D eigenvalue weighted by molar-refractivity contribution is -0.121. The fourth-order valence-corrected chi connectivity index (χ4v) is 1.28. The van der Waals surface area contributed by atoms with E-state index in [0.29, 0.717) is 13.2 Å². The summed E-state index contributed by atoms with van der Waals surface area (Å²) in [6, 6.07) is 0.0845. The van der Waals surface area contributed by atoms with Crippen LogP contribution in [0.1, 0.15) is 26.7 Å². The molecule has 0 heterocycles. The van der Waals surface area contributed by atoms with Crippen LogP contribution < -0.4 is 10.6 Å². The van der Waals surface area contributed by atoms with Crippen LogP contribution in [-0.2, 0) is 9.53 Å². The van der Waals surface area contributed by atoms with Crippen LogP contribution in [0.3, 0.4) is 0 Å². The van der Waals surface area contributed by atoms with Gasteiger partial charge in [-0.3, -0.25) is 4.79 Å². The fraction of sp³-hybridized carbons (Fsp3) is 0.900. The van der Waals surface area contributed by atoms with Gasteiger partial charge >= 0.3 is 0 Å². The molecule has 0 radical (unpaired) electrons. The molecule has 14 heavy (non-hydrogen) atoms. The fourth-order valence-electron chi connectivity index (χ4n) is 1.28. The number of ether oxygens (including phenoxy) is 1. The molecule has 1 amide bonds. The molecule has 1 rings (SSSR count). The van der Waals surface area contributed by atoms with Gasteiger partial charge < -0.3 is 15.4 Å². The third-order valence-corrected chi connectivity index (χ3v) is 2.50. The first kappa shape index (κ1) is 11.5. The van der Waals surface area contributed by atoms with Gasteiger partial charge in [-0.25, -0.2) is 0 Å². The summed E-state index contributed by atoms with van der Waals surface area (Å²) in [5.41, 5.74) is 0.224. The van der Waals surface area contributed by atoms with Crippen molar-refractivity contribution in [3.05, 3.63) is 0 Å². The lowest BCUT2D eigenvalue weighted by atomic mass is 10.3. The third kappa shape index (κ3) is 4.07. The number of carbonyl (C=O) groups excluding carboxylic acids is 1. The second kappa shape index (κ2) is 4.75. The second-order valence-corrected chi connectivity index (χ2v) is 4.34. The van der Waals surface area contributed by atoms with Gasteiger partial charge in [0.05, 0.1) is 13.2 Å². The van der Waals surface area contributed by atoms with E-state index in [0.717, 1.165) is 0 Å². The average Bonchev–Trinajstić information content (AvgIpc) is 2.82. The number of hydrogen-bond donors (Lipinski definition) is 2. The highest BCUT2D eigenvalue weighted by atomic mass is 16.5. The van der Waals surface area contributed by atoms with E-state index in [9.17, 15) is 4.79 Å². The predicted octanol–water partition coefficient (Wildman–Crippen LogP) is 0.280. The lowest BCUT2D eigenvalue weighted by Crippen LogP contribution is -2.43. The zero-order valence-electron chi connectivity index (χ0n) is 9.22. The van der Waals surface area contributed by atoms with Crippen LogP contribution in [0.5, 0.6) is 0 Å². The van der Waals surface area contributed by atoms with Gasteiger partial charge in [-0.15, -0.1) is 0 Å². The summed E-state index contributed by atoms with van der Waals surface area (Å²) < 4.78 is 4.93. The Morgan fingerprint density at radius 1 is 1.57 bits per heavy atom. The lowest BCUT2D eigenvalue weighted by Gasteiger charge is -2.15. The van der Waals surface area contributed by atoms with Crippen molar-refractivity contribution < 1.29 is 9.53 Å². The van der Waals surface area contributed by atoms with E-state index in [1.807, 2.05) is 6.92 Å². The van der Waals surface area contributed by atoms with Gasteiger partial charge in [-0.2, -0.15) is 0 Å². The number of rotatable bonds is 6. The quantitative estimate of drug-likeness (QED) is 0.647. The molecule has 1 aliphatic carbocycles. The molecule has 4 nitrogen and oxygen atoms in total. The summed E-state index contributed by atoms with van der Waals surface area (Å²) in [7, 11) is 1.63. The molecular weight excluding hydrogens is 180 g/mol. The predicted molar refractivity (Wildman–Crippen MR) is 55.1 cm³/mol. The first-order chi connectivity index (χ1) is 6.56. The molecule has 1 aliphatic rings. The van der Waals surface area contributed by atoms with E-state index < -0.39 is 0 Å². The Kier molecular flexibility index (Phi) is 3.89. The maximum absolute atomic E-state index is 11.4. The number of hydrogen-bond acceptors (Lipinski definition) is 3. The minimum Gasteiger partial charge on any atom is -0.383 e. The third-order valence-electron chi connectivity index (χ3n) is 2.50. The number of amides is 1. The molecular formula is C10H20N2O2. The largest absolute Gasteiger partial charge is 0.383 e. The van der Waals surface area contributed by atoms with Crippen molar-refractivity contribution in [1.82, 2.24) is 10.6 Å². The number of carbonyl (C=O) groups is 1. The Labute approximate surface area is 85.4 Å². The molecule has 1 fully saturated rings. The maximum Gasteiger partial charge on any atom is 0.234 e. The van der Waals surface area contributed by atoms with E-state index in [-0.39, 0.29) is 17.5 Å². The molecule has 0 aromatic heterocycles. The van der Waals surface area contributed by atoms with Gasteiger partial charge in [0.25, 0.3) is 0 Å². The Hall–Kier alpha value is -0.610. The molecule has 1 unspecified atom stereocenters. The first-order valence-corrected chi connectivity index (χ1v) is 5.09. The Morgan fingerprint density at radius 2 is 2.21 bits per heavy atom. The normalized spacial score (nSPS) is 20.2. The monoisotopic (exact) mass is 200 g/mol. The average molecular weight is 200 g/mol. The van der Waals surface area contributed by atoms with Crippen LogP contribution in [0.2, 0.25) is 0 Å². The zero-order chi connectivity index (χ0) is 10.6. The van der Waals surface area contributed by atoms with Crippen molar-refractivity contribution in [2.45, 2.75) is 38.3 Å². The maximum atomic E-state index is 11.4. The molecule has 0 spiro atoms. The molecule has 0 bridgehead atoms. The number of nitrogens with one attached hydrogen (secondary N) is 2. The van der Waals surface area contributed by atoms with Crippen LogP contribution in [0.4, 0.5) is 0 Å².